The Balaban J connectivity index is 1.53. The molecule has 2 amide bonds. The van der Waals surface area contributed by atoms with Gasteiger partial charge in [-0.2, -0.15) is 0 Å². The van der Waals surface area contributed by atoms with Gasteiger partial charge in [0.15, 0.2) is 11.5 Å². The Morgan fingerprint density at radius 3 is 2.87 bits per heavy atom. The number of amides is 2. The van der Waals surface area contributed by atoms with Crippen molar-refractivity contribution in [1.82, 2.24) is 9.97 Å². The number of hydrogen-bond donors (Lipinski definition) is 4. The lowest BCUT2D eigenvalue weighted by Crippen LogP contribution is -2.37. The number of hydrogen-bond acceptors (Lipinski definition) is 7. The summed E-state index contributed by atoms with van der Waals surface area (Å²) in [5.41, 5.74) is 14.3. The average Bonchev–Trinajstić information content (AvgIpc) is 3.00. The summed E-state index contributed by atoms with van der Waals surface area (Å²) >= 11 is 0. The number of nitrogens with two attached hydrogens (primary N) is 2. The number of fused-ring (bicyclic) bond motifs is 1. The number of aromatic nitrogens is 2. The third-order valence-electron chi connectivity index (χ3n) is 5.94. The molecule has 1 unspecified atom stereocenters. The van der Waals surface area contributed by atoms with E-state index in [1.54, 1.807) is 11.9 Å². The van der Waals surface area contributed by atoms with Crippen molar-refractivity contribution in [3.63, 3.8) is 0 Å². The zero-order valence-corrected chi connectivity index (χ0v) is 17.0. The van der Waals surface area contributed by atoms with Crippen LogP contribution in [-0.2, 0) is 11.2 Å². The molecule has 1 saturated carbocycles. The number of nitrogens with one attached hydrogen (secondary N) is 2. The van der Waals surface area contributed by atoms with Crippen molar-refractivity contribution >= 4 is 34.8 Å². The summed E-state index contributed by atoms with van der Waals surface area (Å²) in [6.45, 7) is 0.707. The second-order valence-corrected chi connectivity index (χ2v) is 8.00. The molecule has 1 aliphatic carbocycles. The molecule has 9 heteroatoms. The van der Waals surface area contributed by atoms with Crippen molar-refractivity contribution in [3.8, 4) is 0 Å². The van der Waals surface area contributed by atoms with Crippen LogP contribution in [0.5, 0.6) is 0 Å². The summed E-state index contributed by atoms with van der Waals surface area (Å²) in [5, 5.41) is 6.42. The van der Waals surface area contributed by atoms with Gasteiger partial charge < -0.3 is 27.0 Å². The largest absolute Gasteiger partial charge is 0.368 e. The normalized spacial score (nSPS) is 20.7. The van der Waals surface area contributed by atoms with E-state index >= 15 is 0 Å². The van der Waals surface area contributed by atoms with Crippen molar-refractivity contribution in [2.24, 2.45) is 17.4 Å². The van der Waals surface area contributed by atoms with E-state index in [0.29, 0.717) is 30.4 Å². The van der Waals surface area contributed by atoms with Crippen LogP contribution in [0.4, 0.5) is 23.0 Å². The van der Waals surface area contributed by atoms with Gasteiger partial charge in [0, 0.05) is 31.0 Å². The number of anilines is 4. The highest BCUT2D eigenvalue weighted by Crippen LogP contribution is 2.31. The van der Waals surface area contributed by atoms with Crippen molar-refractivity contribution in [2.75, 3.05) is 29.1 Å². The Bertz CT molecular complexity index is 978. The predicted molar refractivity (Wildman–Crippen MR) is 116 cm³/mol. The summed E-state index contributed by atoms with van der Waals surface area (Å²) in [4.78, 5) is 34.1. The molecular weight excluding hydrogens is 382 g/mol. The van der Waals surface area contributed by atoms with Gasteiger partial charge in [-0.3, -0.25) is 9.59 Å². The summed E-state index contributed by atoms with van der Waals surface area (Å²) in [5.74, 6) is 0.599. The molecule has 1 aromatic carbocycles. The van der Waals surface area contributed by atoms with Crippen LogP contribution in [0, 0.1) is 5.92 Å². The molecule has 2 aliphatic rings. The fourth-order valence-electron chi connectivity index (χ4n) is 4.15. The van der Waals surface area contributed by atoms with E-state index in [1.807, 2.05) is 18.2 Å². The van der Waals surface area contributed by atoms with Crippen LogP contribution in [0.2, 0.25) is 0 Å². The molecule has 2 heterocycles. The number of likely N-dealkylation sites (N-methyl/N-ethyl adjacent to an activating group) is 1. The summed E-state index contributed by atoms with van der Waals surface area (Å²) in [6.07, 6.45) is 6.36. The van der Waals surface area contributed by atoms with Gasteiger partial charge in [0.2, 0.25) is 5.91 Å². The molecule has 1 aliphatic heterocycles. The Labute approximate surface area is 175 Å². The number of nitrogens with zero attached hydrogens (tertiary/aromatic N) is 3. The molecule has 6 N–H and O–H groups in total. The first-order valence-electron chi connectivity index (χ1n) is 10.2. The van der Waals surface area contributed by atoms with E-state index in [4.69, 9.17) is 11.5 Å². The second-order valence-electron chi connectivity index (χ2n) is 8.00. The van der Waals surface area contributed by atoms with E-state index in [2.05, 4.69) is 20.6 Å². The van der Waals surface area contributed by atoms with Crippen LogP contribution in [0.15, 0.2) is 24.4 Å². The smallest absolute Gasteiger partial charge is 0.271 e. The summed E-state index contributed by atoms with van der Waals surface area (Å²) < 4.78 is 0. The van der Waals surface area contributed by atoms with Crippen LogP contribution >= 0.6 is 0 Å². The zero-order valence-electron chi connectivity index (χ0n) is 17.0. The summed E-state index contributed by atoms with van der Waals surface area (Å²) in [6, 6.07) is 5.77. The van der Waals surface area contributed by atoms with Gasteiger partial charge in [-0.15, -0.1) is 0 Å². The molecule has 158 valence electrons. The molecule has 4 rings (SSSR count). The minimum absolute atomic E-state index is 0.0480. The van der Waals surface area contributed by atoms with Crippen molar-refractivity contribution in [3.05, 3.63) is 35.7 Å². The van der Waals surface area contributed by atoms with Gasteiger partial charge in [0.05, 0.1) is 12.6 Å². The van der Waals surface area contributed by atoms with Gasteiger partial charge in [-0.05, 0) is 42.5 Å². The van der Waals surface area contributed by atoms with Crippen LogP contribution in [0.1, 0.15) is 41.7 Å². The van der Waals surface area contributed by atoms with Crippen molar-refractivity contribution < 1.29 is 9.59 Å². The fourth-order valence-corrected chi connectivity index (χ4v) is 4.15. The van der Waals surface area contributed by atoms with E-state index in [-0.39, 0.29) is 23.5 Å². The maximum absolute atomic E-state index is 11.9. The van der Waals surface area contributed by atoms with Gasteiger partial charge in [-0.1, -0.05) is 12.8 Å². The van der Waals surface area contributed by atoms with Gasteiger partial charge in [0.1, 0.15) is 5.82 Å². The highest BCUT2D eigenvalue weighted by Gasteiger charge is 2.25. The first-order valence-corrected chi connectivity index (χ1v) is 10.2. The van der Waals surface area contributed by atoms with Gasteiger partial charge >= 0.3 is 0 Å². The molecule has 30 heavy (non-hydrogen) atoms. The molecular formula is C21H27N7O2. The summed E-state index contributed by atoms with van der Waals surface area (Å²) in [7, 11) is 1.76. The molecule has 0 saturated heterocycles. The highest BCUT2D eigenvalue weighted by atomic mass is 16.2. The molecule has 0 spiro atoms. The Morgan fingerprint density at radius 2 is 2.10 bits per heavy atom. The SMILES string of the molecule is CN1C(=O)Cc2cc(Nc3nc(NCC4CCCC[C@@H]4N)cnc3C(N)=O)ccc21. The zero-order chi connectivity index (χ0) is 21.3. The van der Waals surface area contributed by atoms with Gasteiger partial charge in [-0.25, -0.2) is 9.97 Å². The Kier molecular flexibility index (Phi) is 5.54. The monoisotopic (exact) mass is 409 g/mol. The Morgan fingerprint density at radius 1 is 1.30 bits per heavy atom. The number of rotatable bonds is 6. The lowest BCUT2D eigenvalue weighted by molar-refractivity contribution is -0.117. The van der Waals surface area contributed by atoms with Crippen LogP contribution < -0.4 is 27.0 Å². The lowest BCUT2D eigenvalue weighted by Gasteiger charge is -2.28. The number of primary amides is 1. The fraction of sp³-hybridized carbons (Fsp3) is 0.429. The van der Waals surface area contributed by atoms with Gasteiger partial charge in [0.25, 0.3) is 5.91 Å². The van der Waals surface area contributed by atoms with Crippen molar-refractivity contribution in [2.45, 2.75) is 38.1 Å². The lowest BCUT2D eigenvalue weighted by atomic mass is 9.85. The number of benzene rings is 1. The van der Waals surface area contributed by atoms with E-state index in [1.165, 1.54) is 19.0 Å². The molecule has 2 aromatic rings. The topological polar surface area (TPSA) is 139 Å². The van der Waals surface area contributed by atoms with E-state index in [0.717, 1.165) is 24.1 Å². The molecule has 2 atom stereocenters. The molecule has 0 radical (unpaired) electrons. The van der Waals surface area contributed by atoms with Crippen molar-refractivity contribution in [1.29, 1.82) is 0 Å². The first-order chi connectivity index (χ1) is 14.4. The minimum atomic E-state index is -0.665. The molecule has 9 nitrogen and oxygen atoms in total. The maximum atomic E-state index is 11.9. The Hall–Kier alpha value is -3.20. The molecule has 0 bridgehead atoms. The van der Waals surface area contributed by atoms with E-state index in [9.17, 15) is 9.59 Å². The van der Waals surface area contributed by atoms with Crippen LogP contribution in [0.3, 0.4) is 0 Å². The second kappa shape index (κ2) is 8.27. The average molecular weight is 409 g/mol. The van der Waals surface area contributed by atoms with E-state index < -0.39 is 5.91 Å². The third-order valence-corrected chi connectivity index (χ3v) is 5.94. The minimum Gasteiger partial charge on any atom is -0.368 e. The molecule has 1 aromatic heterocycles. The predicted octanol–water partition coefficient (Wildman–Crippen LogP) is 1.77. The number of carbonyl (C=O) groups is 2. The highest BCUT2D eigenvalue weighted by molar-refractivity contribution is 6.01. The van der Waals surface area contributed by atoms with Crippen LogP contribution in [-0.4, -0.2) is 41.4 Å². The quantitative estimate of drug-likeness (QED) is 0.570. The third kappa shape index (κ3) is 4.06. The molecule has 1 fully saturated rings. The standard InChI is InChI=1S/C21H27N7O2/c1-28-16-7-6-14(8-13(16)9-18(28)29)26-21-19(20(23)30)25-11-17(27-21)24-10-12-4-2-3-5-15(12)22/h6-8,11-12,15H,2-5,9-10,22H2,1H3,(H2,23,30)(H2,24,26,27)/t12?,15-/m0/s1. The number of carbonyl (C=O) groups excluding carboxylic acids is 2. The maximum Gasteiger partial charge on any atom is 0.271 e. The first kappa shape index (κ1) is 20.1. The van der Waals surface area contributed by atoms with Crippen LogP contribution in [0.25, 0.3) is 0 Å².